The molecule has 0 spiro atoms. The molecule has 0 aliphatic rings. The Kier molecular flexibility index (Phi) is 5.46. The van der Waals surface area contributed by atoms with Crippen molar-refractivity contribution in [1.29, 1.82) is 0 Å². The van der Waals surface area contributed by atoms with Crippen molar-refractivity contribution in [2.75, 3.05) is 6.54 Å². The Labute approximate surface area is 156 Å². The molecule has 3 rings (SSSR count). The molecule has 0 aliphatic carbocycles. The van der Waals surface area contributed by atoms with Gasteiger partial charge >= 0.3 is 0 Å². The Morgan fingerprint density at radius 1 is 1.27 bits per heavy atom. The van der Waals surface area contributed by atoms with E-state index in [9.17, 15) is 9.59 Å². The maximum atomic E-state index is 12.7. The van der Waals surface area contributed by atoms with Crippen LogP contribution in [0.3, 0.4) is 0 Å². The van der Waals surface area contributed by atoms with Gasteiger partial charge in [0.25, 0.3) is 0 Å². The zero-order valence-electron chi connectivity index (χ0n) is 15.2. The molecule has 1 amide bonds. The smallest absolute Gasteiger partial charge is 0.243 e. The lowest BCUT2D eigenvalue weighted by Gasteiger charge is -2.18. The lowest BCUT2D eigenvalue weighted by molar-refractivity contribution is -0.124. The highest BCUT2D eigenvalue weighted by molar-refractivity contribution is 7.11. The normalized spacial score (nSPS) is 12.3. The second-order valence-corrected chi connectivity index (χ2v) is 7.47. The number of para-hydroxylation sites is 1. The summed E-state index contributed by atoms with van der Waals surface area (Å²) in [6.07, 6.45) is 3.10. The lowest BCUT2D eigenvalue weighted by Crippen LogP contribution is -2.33. The summed E-state index contributed by atoms with van der Waals surface area (Å²) in [4.78, 5) is 24.7. The van der Waals surface area contributed by atoms with Crippen LogP contribution in [0.5, 0.6) is 0 Å². The molecule has 7 heteroatoms. The highest BCUT2D eigenvalue weighted by Crippen LogP contribution is 2.26. The fourth-order valence-corrected chi connectivity index (χ4v) is 3.81. The number of fused-ring (bicyclic) bond motifs is 1. The maximum Gasteiger partial charge on any atom is 0.243 e. The van der Waals surface area contributed by atoms with E-state index in [0.29, 0.717) is 24.9 Å². The van der Waals surface area contributed by atoms with Gasteiger partial charge in [-0.3, -0.25) is 9.59 Å². The number of hydrogen-bond donors (Lipinski definition) is 1. The zero-order valence-corrected chi connectivity index (χ0v) is 16.0. The van der Waals surface area contributed by atoms with Gasteiger partial charge in [0.05, 0.1) is 0 Å². The molecule has 2 aromatic heterocycles. The van der Waals surface area contributed by atoms with Crippen LogP contribution in [0.25, 0.3) is 10.9 Å². The van der Waals surface area contributed by atoms with Gasteiger partial charge in [0.2, 0.25) is 5.91 Å². The van der Waals surface area contributed by atoms with Crippen LogP contribution in [0.1, 0.15) is 46.7 Å². The molecule has 26 heavy (non-hydrogen) atoms. The third-order valence-corrected chi connectivity index (χ3v) is 5.25. The first kappa shape index (κ1) is 18.3. The van der Waals surface area contributed by atoms with E-state index >= 15 is 0 Å². The summed E-state index contributed by atoms with van der Waals surface area (Å²) in [6.45, 7) is 5.96. The van der Waals surface area contributed by atoms with Crippen molar-refractivity contribution in [3.05, 3.63) is 46.0 Å². The molecule has 2 heterocycles. The Morgan fingerprint density at radius 2 is 2.04 bits per heavy atom. The van der Waals surface area contributed by atoms with Crippen molar-refractivity contribution in [3.8, 4) is 0 Å². The van der Waals surface area contributed by atoms with Crippen molar-refractivity contribution >= 4 is 33.9 Å². The molecular weight excluding hydrogens is 348 g/mol. The van der Waals surface area contributed by atoms with Crippen LogP contribution in [-0.4, -0.2) is 33.0 Å². The minimum Gasteiger partial charge on any atom is -0.354 e. The van der Waals surface area contributed by atoms with Crippen LogP contribution in [0, 0.1) is 6.92 Å². The predicted octanol–water partition coefficient (Wildman–Crippen LogP) is 3.31. The summed E-state index contributed by atoms with van der Waals surface area (Å²) in [5.41, 5.74) is 1.55. The summed E-state index contributed by atoms with van der Waals surface area (Å²) in [5.74, 6) is -0.0496. The van der Waals surface area contributed by atoms with Gasteiger partial charge in [0.15, 0.2) is 5.78 Å². The Morgan fingerprint density at radius 3 is 2.69 bits per heavy atom. The highest BCUT2D eigenvalue weighted by atomic mass is 32.1. The summed E-state index contributed by atoms with van der Waals surface area (Å²) in [5, 5.41) is 13.8. The standard InChI is InChI=1S/C19H22N4O2S/c1-4-16(19(25)20-10-9-18-22-21-13(3)26-18)23-11-15(12(2)24)14-7-5-6-8-17(14)23/h5-8,11,16H,4,9-10H2,1-3H3,(H,20,25)/t16-/m1/s1. The second kappa shape index (κ2) is 7.78. The van der Waals surface area contributed by atoms with Crippen molar-refractivity contribution in [2.45, 2.75) is 39.7 Å². The number of nitrogens with zero attached hydrogens (tertiary/aromatic N) is 3. The third kappa shape index (κ3) is 3.67. The molecule has 1 N–H and O–H groups in total. The van der Waals surface area contributed by atoms with Crippen LogP contribution < -0.4 is 5.32 Å². The number of rotatable bonds is 7. The lowest BCUT2D eigenvalue weighted by atomic mass is 10.1. The van der Waals surface area contributed by atoms with E-state index in [1.54, 1.807) is 24.5 Å². The molecule has 1 atom stereocenters. The number of ketones is 1. The van der Waals surface area contributed by atoms with Crippen LogP contribution >= 0.6 is 11.3 Å². The van der Waals surface area contributed by atoms with Gasteiger partial charge in [-0.15, -0.1) is 21.5 Å². The molecule has 6 nitrogen and oxygen atoms in total. The molecular formula is C19H22N4O2S. The van der Waals surface area contributed by atoms with Gasteiger partial charge in [0, 0.05) is 35.6 Å². The molecule has 0 saturated heterocycles. The van der Waals surface area contributed by atoms with Crippen molar-refractivity contribution < 1.29 is 9.59 Å². The molecule has 0 fully saturated rings. The van der Waals surface area contributed by atoms with Gasteiger partial charge in [-0.1, -0.05) is 25.1 Å². The van der Waals surface area contributed by atoms with E-state index in [4.69, 9.17) is 0 Å². The largest absolute Gasteiger partial charge is 0.354 e. The quantitative estimate of drug-likeness (QED) is 0.647. The first-order chi connectivity index (χ1) is 12.5. The Hall–Kier alpha value is -2.54. The number of aryl methyl sites for hydroxylation is 1. The number of carbonyl (C=O) groups is 2. The molecule has 0 bridgehead atoms. The number of aromatic nitrogens is 3. The number of benzene rings is 1. The number of nitrogens with one attached hydrogen (secondary N) is 1. The molecule has 0 unspecified atom stereocenters. The summed E-state index contributed by atoms with van der Waals surface area (Å²) in [7, 11) is 0. The Bertz CT molecular complexity index is 944. The maximum absolute atomic E-state index is 12.7. The highest BCUT2D eigenvalue weighted by Gasteiger charge is 2.22. The van der Waals surface area contributed by atoms with Crippen LogP contribution in [0.2, 0.25) is 0 Å². The van der Waals surface area contributed by atoms with E-state index in [0.717, 1.165) is 20.9 Å². The van der Waals surface area contributed by atoms with Crippen molar-refractivity contribution in [3.63, 3.8) is 0 Å². The first-order valence-corrected chi connectivity index (χ1v) is 9.50. The van der Waals surface area contributed by atoms with Crippen LogP contribution in [0.15, 0.2) is 30.5 Å². The van der Waals surface area contributed by atoms with E-state index in [1.165, 1.54) is 0 Å². The predicted molar refractivity (Wildman–Crippen MR) is 103 cm³/mol. The van der Waals surface area contributed by atoms with Gasteiger partial charge in [-0.2, -0.15) is 0 Å². The monoisotopic (exact) mass is 370 g/mol. The van der Waals surface area contributed by atoms with Crippen molar-refractivity contribution in [2.24, 2.45) is 0 Å². The zero-order chi connectivity index (χ0) is 18.7. The van der Waals surface area contributed by atoms with E-state index < -0.39 is 0 Å². The molecule has 0 saturated carbocycles. The molecule has 1 aromatic carbocycles. The van der Waals surface area contributed by atoms with Gasteiger partial charge in [-0.25, -0.2) is 0 Å². The fraction of sp³-hybridized carbons (Fsp3) is 0.368. The summed E-state index contributed by atoms with van der Waals surface area (Å²) in [6, 6.07) is 7.34. The fourth-order valence-electron chi connectivity index (χ4n) is 3.10. The third-order valence-electron chi connectivity index (χ3n) is 4.35. The van der Waals surface area contributed by atoms with Gasteiger partial charge in [-0.05, 0) is 26.3 Å². The van der Waals surface area contributed by atoms with Crippen molar-refractivity contribution in [1.82, 2.24) is 20.1 Å². The van der Waals surface area contributed by atoms with E-state index in [1.807, 2.05) is 42.7 Å². The number of Topliss-reactive ketones (excluding diaryl/α,β-unsaturated/α-hetero) is 1. The Balaban J connectivity index is 1.78. The van der Waals surface area contributed by atoms with Crippen LogP contribution in [0.4, 0.5) is 0 Å². The molecule has 3 aromatic rings. The first-order valence-electron chi connectivity index (χ1n) is 8.68. The van der Waals surface area contributed by atoms with Gasteiger partial charge < -0.3 is 9.88 Å². The van der Waals surface area contributed by atoms with Crippen LogP contribution in [-0.2, 0) is 11.2 Å². The number of carbonyl (C=O) groups excluding carboxylic acids is 2. The topological polar surface area (TPSA) is 76.9 Å². The van der Waals surface area contributed by atoms with Gasteiger partial charge in [0.1, 0.15) is 16.1 Å². The molecule has 0 radical (unpaired) electrons. The minimum absolute atomic E-state index is 0.00171. The number of amides is 1. The molecule has 136 valence electrons. The van der Waals surface area contributed by atoms with E-state index in [2.05, 4.69) is 15.5 Å². The summed E-state index contributed by atoms with van der Waals surface area (Å²) >= 11 is 1.54. The van der Waals surface area contributed by atoms with E-state index in [-0.39, 0.29) is 17.7 Å². The number of hydrogen-bond acceptors (Lipinski definition) is 5. The SMILES string of the molecule is CC[C@H](C(=O)NCCc1nnc(C)s1)n1cc(C(C)=O)c2ccccc21. The minimum atomic E-state index is -0.357. The molecule has 0 aliphatic heterocycles. The average molecular weight is 370 g/mol. The average Bonchev–Trinajstić information content (AvgIpc) is 3.20. The summed E-state index contributed by atoms with van der Waals surface area (Å²) < 4.78 is 1.91. The second-order valence-electron chi connectivity index (χ2n) is 6.20.